The number of fused-ring (bicyclic) bond motifs is 1. The number of pyridine rings is 1. The molecule has 0 fully saturated rings. The van der Waals surface area contributed by atoms with E-state index in [2.05, 4.69) is 21.4 Å². The molecule has 1 aromatic carbocycles. The molecule has 0 bridgehead atoms. The molecule has 186 valence electrons. The van der Waals surface area contributed by atoms with Gasteiger partial charge >= 0.3 is 6.18 Å². The standard InChI is InChI=1S/C26H23F4N5O/c1-16-13-19(11-12-31-16)17-5-7-18(8-6-17)22-14-35(33-32-22)24-10-9-20-21(27)3-2-4-23(20)34(25(24)36)15-26(28,29)30/h2-5,7-8,11-14,17,24H,6,9-10,15H2,1H3. The second-order valence-corrected chi connectivity index (χ2v) is 9.01. The highest BCUT2D eigenvalue weighted by Gasteiger charge is 2.40. The number of alkyl halides is 3. The fraction of sp³-hybridized carbons (Fsp3) is 0.308. The molecule has 2 unspecified atom stereocenters. The van der Waals surface area contributed by atoms with E-state index < -0.39 is 30.5 Å². The first-order valence-electron chi connectivity index (χ1n) is 11.6. The molecule has 5 rings (SSSR count). The van der Waals surface area contributed by atoms with E-state index in [0.717, 1.165) is 23.3 Å². The van der Waals surface area contributed by atoms with Crippen LogP contribution in [0.25, 0.3) is 5.57 Å². The molecule has 0 spiro atoms. The lowest BCUT2D eigenvalue weighted by molar-refractivity contribution is -0.134. The minimum absolute atomic E-state index is 0.0597. The van der Waals surface area contributed by atoms with Crippen LogP contribution in [0.15, 0.2) is 61.0 Å². The van der Waals surface area contributed by atoms with Gasteiger partial charge in [0, 0.05) is 23.4 Å². The number of nitrogens with zero attached hydrogens (tertiary/aromatic N) is 5. The van der Waals surface area contributed by atoms with Crippen molar-refractivity contribution in [2.45, 2.75) is 44.3 Å². The number of carbonyl (C=O) groups is 1. The molecule has 3 heterocycles. The number of aryl methyl sites for hydroxylation is 1. The van der Waals surface area contributed by atoms with Gasteiger partial charge in [0.15, 0.2) is 0 Å². The molecular formula is C26H23F4N5O. The minimum atomic E-state index is -4.65. The Morgan fingerprint density at radius 3 is 2.75 bits per heavy atom. The Morgan fingerprint density at radius 2 is 2.03 bits per heavy atom. The lowest BCUT2D eigenvalue weighted by Gasteiger charge is -2.26. The summed E-state index contributed by atoms with van der Waals surface area (Å²) in [6.45, 7) is 0.428. The van der Waals surface area contributed by atoms with Gasteiger partial charge in [-0.05, 0) is 61.6 Å². The average Bonchev–Trinajstić information content (AvgIpc) is 3.28. The van der Waals surface area contributed by atoms with Crippen LogP contribution in [0, 0.1) is 12.7 Å². The fourth-order valence-corrected chi connectivity index (χ4v) is 4.76. The predicted molar refractivity (Wildman–Crippen MR) is 126 cm³/mol. The second-order valence-electron chi connectivity index (χ2n) is 9.01. The van der Waals surface area contributed by atoms with Crippen LogP contribution in [-0.4, -0.2) is 38.6 Å². The molecule has 0 saturated heterocycles. The zero-order valence-corrected chi connectivity index (χ0v) is 19.4. The Morgan fingerprint density at radius 1 is 1.19 bits per heavy atom. The summed E-state index contributed by atoms with van der Waals surface area (Å²) >= 11 is 0. The van der Waals surface area contributed by atoms with Crippen LogP contribution in [0.4, 0.5) is 23.2 Å². The number of rotatable bonds is 4. The largest absolute Gasteiger partial charge is 0.406 e. The minimum Gasteiger partial charge on any atom is -0.301 e. The highest BCUT2D eigenvalue weighted by molar-refractivity contribution is 5.97. The first-order chi connectivity index (χ1) is 17.2. The molecule has 2 aromatic heterocycles. The van der Waals surface area contributed by atoms with Crippen molar-refractivity contribution in [2.75, 3.05) is 11.4 Å². The number of amides is 1. The molecule has 2 atom stereocenters. The van der Waals surface area contributed by atoms with Gasteiger partial charge in [-0.1, -0.05) is 29.5 Å². The molecule has 10 heteroatoms. The smallest absolute Gasteiger partial charge is 0.301 e. The van der Waals surface area contributed by atoms with E-state index in [-0.39, 0.29) is 30.0 Å². The van der Waals surface area contributed by atoms with Crippen LogP contribution in [0.2, 0.25) is 0 Å². The van der Waals surface area contributed by atoms with Crippen molar-refractivity contribution >= 4 is 17.2 Å². The van der Waals surface area contributed by atoms with Gasteiger partial charge in [0.25, 0.3) is 5.91 Å². The summed E-state index contributed by atoms with van der Waals surface area (Å²) in [6, 6.07) is 6.81. The highest BCUT2D eigenvalue weighted by Crippen LogP contribution is 2.35. The van der Waals surface area contributed by atoms with Crippen molar-refractivity contribution in [2.24, 2.45) is 0 Å². The summed E-state index contributed by atoms with van der Waals surface area (Å²) in [5, 5.41) is 8.25. The number of hydrogen-bond donors (Lipinski definition) is 0. The average molecular weight is 497 g/mol. The van der Waals surface area contributed by atoms with Gasteiger partial charge in [-0.15, -0.1) is 5.10 Å². The summed E-state index contributed by atoms with van der Waals surface area (Å²) in [5.41, 5.74) is 3.44. The van der Waals surface area contributed by atoms with Crippen molar-refractivity contribution in [3.8, 4) is 0 Å². The van der Waals surface area contributed by atoms with Gasteiger partial charge in [0.2, 0.25) is 0 Å². The quantitative estimate of drug-likeness (QED) is 0.457. The van der Waals surface area contributed by atoms with Crippen LogP contribution in [0.5, 0.6) is 0 Å². The second kappa shape index (κ2) is 9.33. The number of anilines is 1. The maximum absolute atomic E-state index is 14.5. The van der Waals surface area contributed by atoms with Crippen molar-refractivity contribution in [1.29, 1.82) is 0 Å². The zero-order chi connectivity index (χ0) is 25.4. The first-order valence-corrected chi connectivity index (χ1v) is 11.6. The summed E-state index contributed by atoms with van der Waals surface area (Å²) < 4.78 is 55.8. The number of carbonyl (C=O) groups excluding carboxylic acids is 1. The molecule has 1 aliphatic carbocycles. The summed E-state index contributed by atoms with van der Waals surface area (Å²) in [4.78, 5) is 18.1. The molecule has 2 aliphatic rings. The molecule has 0 saturated carbocycles. The molecule has 3 aromatic rings. The fourth-order valence-electron chi connectivity index (χ4n) is 4.76. The van der Waals surface area contributed by atoms with E-state index in [0.29, 0.717) is 10.6 Å². The van der Waals surface area contributed by atoms with E-state index in [1.54, 1.807) is 12.4 Å². The van der Waals surface area contributed by atoms with Gasteiger partial charge in [0.05, 0.1) is 11.9 Å². The van der Waals surface area contributed by atoms with Crippen LogP contribution < -0.4 is 4.90 Å². The van der Waals surface area contributed by atoms with Gasteiger partial charge < -0.3 is 4.90 Å². The van der Waals surface area contributed by atoms with Crippen molar-refractivity contribution in [1.82, 2.24) is 20.0 Å². The number of hydrogen-bond acceptors (Lipinski definition) is 4. The number of benzene rings is 1. The normalized spacial score (nSPS) is 20.2. The third-order valence-electron chi connectivity index (χ3n) is 6.52. The van der Waals surface area contributed by atoms with Crippen LogP contribution in [-0.2, 0) is 11.2 Å². The van der Waals surface area contributed by atoms with Crippen molar-refractivity contribution in [3.05, 3.63) is 89.3 Å². The molecule has 6 nitrogen and oxygen atoms in total. The van der Waals surface area contributed by atoms with Gasteiger partial charge in [0.1, 0.15) is 24.1 Å². The van der Waals surface area contributed by atoms with Crippen LogP contribution >= 0.6 is 0 Å². The number of halogens is 4. The Hall–Kier alpha value is -3.82. The first kappa shape index (κ1) is 23.9. The Labute approximate surface area is 204 Å². The van der Waals surface area contributed by atoms with E-state index in [1.165, 1.54) is 22.9 Å². The SMILES string of the molecule is Cc1cc(C2C=CC(c3cn(C4CCc5c(F)cccc5N(CC(F)(F)F)C4=O)nn3)=CC2)ccn1. The van der Waals surface area contributed by atoms with E-state index in [9.17, 15) is 22.4 Å². The lowest BCUT2D eigenvalue weighted by Crippen LogP contribution is -2.42. The maximum Gasteiger partial charge on any atom is 0.406 e. The number of aromatic nitrogens is 4. The van der Waals surface area contributed by atoms with Gasteiger partial charge in [-0.3, -0.25) is 9.78 Å². The summed E-state index contributed by atoms with van der Waals surface area (Å²) in [6.07, 6.45) is 5.62. The topological polar surface area (TPSA) is 63.9 Å². The molecule has 1 aliphatic heterocycles. The Kier molecular flexibility index (Phi) is 6.19. The Bertz CT molecular complexity index is 1360. The van der Waals surface area contributed by atoms with Crippen molar-refractivity contribution < 1.29 is 22.4 Å². The molecule has 0 radical (unpaired) electrons. The zero-order valence-electron chi connectivity index (χ0n) is 19.4. The lowest BCUT2D eigenvalue weighted by atomic mass is 9.90. The molecule has 36 heavy (non-hydrogen) atoms. The van der Waals surface area contributed by atoms with E-state index in [1.807, 2.05) is 31.2 Å². The van der Waals surface area contributed by atoms with Crippen LogP contribution in [0.3, 0.4) is 0 Å². The predicted octanol–water partition coefficient (Wildman–Crippen LogP) is 5.33. The summed E-state index contributed by atoms with van der Waals surface area (Å²) in [5.74, 6) is -1.24. The van der Waals surface area contributed by atoms with Gasteiger partial charge in [-0.25, -0.2) is 9.07 Å². The summed E-state index contributed by atoms with van der Waals surface area (Å²) in [7, 11) is 0. The monoisotopic (exact) mass is 497 g/mol. The third-order valence-corrected chi connectivity index (χ3v) is 6.52. The molecular weight excluding hydrogens is 474 g/mol. The van der Waals surface area contributed by atoms with Gasteiger partial charge in [-0.2, -0.15) is 13.2 Å². The van der Waals surface area contributed by atoms with Crippen LogP contribution in [0.1, 0.15) is 47.3 Å². The van der Waals surface area contributed by atoms with E-state index >= 15 is 0 Å². The third kappa shape index (κ3) is 4.80. The maximum atomic E-state index is 14.5. The molecule has 0 N–H and O–H groups in total. The molecule has 1 amide bonds. The highest BCUT2D eigenvalue weighted by atomic mass is 19.4. The van der Waals surface area contributed by atoms with E-state index in [4.69, 9.17) is 0 Å². The number of allylic oxidation sites excluding steroid dienone is 4. The van der Waals surface area contributed by atoms with Crippen molar-refractivity contribution in [3.63, 3.8) is 0 Å². The Balaban J connectivity index is 1.39.